The molecule has 0 saturated heterocycles. The molecule has 0 atom stereocenters. The van der Waals surface area contributed by atoms with Gasteiger partial charge in [0.25, 0.3) is 0 Å². The van der Waals surface area contributed by atoms with Crippen LogP contribution >= 0.6 is 7.82 Å². The summed E-state index contributed by atoms with van der Waals surface area (Å²) in [4.78, 5) is 25.6. The van der Waals surface area contributed by atoms with Crippen molar-refractivity contribution in [2.24, 2.45) is 0 Å². The first-order chi connectivity index (χ1) is 4.00. The quantitative estimate of drug-likeness (QED) is 0.174. The Balaban J connectivity index is -0.0000000178. The van der Waals surface area contributed by atoms with Crippen LogP contribution in [0, 0.1) is 0 Å². The van der Waals surface area contributed by atoms with E-state index in [0.29, 0.717) is 0 Å². The van der Waals surface area contributed by atoms with E-state index in [9.17, 15) is 0 Å². The van der Waals surface area contributed by atoms with Gasteiger partial charge in [0.1, 0.15) is 0 Å². The van der Waals surface area contributed by atoms with Crippen LogP contribution in [0.5, 0.6) is 0 Å². The van der Waals surface area contributed by atoms with Crippen molar-refractivity contribution in [3.8, 4) is 0 Å². The monoisotopic (exact) mass is 374 g/mol. The van der Waals surface area contributed by atoms with Gasteiger partial charge >= 0.3 is 104 Å². The third kappa shape index (κ3) is 278. The molecule has 0 aliphatic heterocycles. The summed E-state index contributed by atoms with van der Waals surface area (Å²) in [7, 11) is -10.6. The van der Waals surface area contributed by atoms with Gasteiger partial charge in [-0.2, -0.15) is 7.82 Å². The van der Waals surface area contributed by atoms with Crippen LogP contribution in [-0.2, 0) is 51.5 Å². The van der Waals surface area contributed by atoms with E-state index >= 15 is 0 Å². The Bertz CT molecular complexity index is 207. The Hall–Kier alpha value is 3.38. The molecule has 0 aromatic rings. The predicted molar refractivity (Wildman–Crippen MR) is 23.8 cm³/mol. The fraction of sp³-hybridized carbons (Fsp3) is 0. The predicted octanol–water partition coefficient (Wildman–Crippen LogP) is -7.54. The van der Waals surface area contributed by atoms with Gasteiger partial charge in [-0.25, -0.2) is 0 Å². The van der Waals surface area contributed by atoms with Crippen LogP contribution in [0.4, 0.5) is 0 Å². The summed E-state index contributed by atoms with van der Waals surface area (Å²) >= 11 is 0. The largest absolute Gasteiger partial charge is 3.00 e. The Morgan fingerprint density at radius 2 is 1.00 bits per heavy atom. The summed E-state index contributed by atoms with van der Waals surface area (Å²) in [5.41, 5.74) is 0. The number of phosphoric acid groups is 1. The molecule has 0 aromatic heterocycles. The molecule has 0 unspecified atom stereocenters. The maximum absolute atomic E-state index is 8.55. The van der Waals surface area contributed by atoms with Gasteiger partial charge in [-0.3, -0.25) is 8.42 Å². The Labute approximate surface area is 156 Å². The minimum absolute atomic E-state index is 0. The number of hydrogen-bond acceptors (Lipinski definition) is 8. The first kappa shape index (κ1) is 36.0. The standard InChI is InChI=1S/Ca.Fe.Na.H3O4P.H2O4S.Zn/c;;;2*1-5(2,3)4;/h;;;(H3,1,2,3,4);(H2,1,2,3,4);/q+2;+3;+1;;;+2/p-5. The molecular weight excluding hydrogens is 375 g/mol. The van der Waals surface area contributed by atoms with Gasteiger partial charge in [-0.15, -0.1) is 0 Å². The Morgan fingerprint density at radius 1 is 1.00 bits per heavy atom. The molecule has 0 fully saturated rings. The smallest absolute Gasteiger partial charge is 0.822 e. The zero-order valence-corrected chi connectivity index (χ0v) is 16.9. The molecule has 0 aliphatic carbocycles. The summed E-state index contributed by atoms with van der Waals surface area (Å²) in [5.74, 6) is 0. The Kier molecular flexibility index (Phi) is 42.1. The van der Waals surface area contributed by atoms with E-state index in [4.69, 9.17) is 36.8 Å². The van der Waals surface area contributed by atoms with E-state index in [1.165, 1.54) is 0 Å². The molecule has 0 heterocycles. The van der Waals surface area contributed by atoms with Crippen molar-refractivity contribution in [3.05, 3.63) is 0 Å². The molecule has 1 radical (unpaired) electrons. The molecule has 8 nitrogen and oxygen atoms in total. The van der Waals surface area contributed by atoms with Crippen LogP contribution in [0.3, 0.4) is 0 Å². The summed E-state index contributed by atoms with van der Waals surface area (Å²) in [6.07, 6.45) is 0. The first-order valence-electron chi connectivity index (χ1n) is 1.40. The van der Waals surface area contributed by atoms with Gasteiger partial charge in [0.2, 0.25) is 0 Å². The number of hydrogen-bond donors (Lipinski definition) is 0. The van der Waals surface area contributed by atoms with Crippen LogP contribution in [0.1, 0.15) is 0 Å². The Morgan fingerprint density at radius 3 is 1.00 bits per heavy atom. The zero-order valence-electron chi connectivity index (χ0n) is 6.89. The van der Waals surface area contributed by atoms with E-state index in [1.807, 2.05) is 0 Å². The van der Waals surface area contributed by atoms with Crippen molar-refractivity contribution >= 4 is 56.0 Å². The van der Waals surface area contributed by atoms with E-state index in [1.54, 1.807) is 0 Å². The van der Waals surface area contributed by atoms with Crippen molar-refractivity contribution in [2.75, 3.05) is 0 Å². The van der Waals surface area contributed by atoms with Crippen molar-refractivity contribution < 1.29 is 103 Å². The summed E-state index contributed by atoms with van der Waals surface area (Å²) < 4.78 is 42.6. The van der Waals surface area contributed by atoms with Crippen LogP contribution in [-0.4, -0.2) is 55.3 Å². The molecule has 0 saturated carbocycles. The average molecular weight is 375 g/mol. The molecule has 0 spiro atoms. The average Bonchev–Trinajstić information content (AvgIpc) is 1.12. The van der Waals surface area contributed by atoms with Crippen LogP contribution in [0.25, 0.3) is 0 Å². The molecule has 0 aliphatic rings. The van der Waals surface area contributed by atoms with Gasteiger partial charge in [-0.1, -0.05) is 0 Å². The van der Waals surface area contributed by atoms with Crippen molar-refractivity contribution in [1.29, 1.82) is 0 Å². The van der Waals surface area contributed by atoms with E-state index in [2.05, 4.69) is 0 Å². The van der Waals surface area contributed by atoms with Crippen LogP contribution in [0.15, 0.2) is 0 Å². The minimum Gasteiger partial charge on any atom is -0.822 e. The second-order valence-electron chi connectivity index (χ2n) is 0.855. The molecule has 0 amide bonds. The second kappa shape index (κ2) is 16.4. The third-order valence-electron chi connectivity index (χ3n) is 0. The molecule has 14 heavy (non-hydrogen) atoms. The van der Waals surface area contributed by atoms with Gasteiger partial charge in [0, 0.05) is 10.4 Å². The molecule has 14 heteroatoms. The van der Waals surface area contributed by atoms with Crippen LogP contribution in [0.2, 0.25) is 0 Å². The van der Waals surface area contributed by atoms with Crippen molar-refractivity contribution in [2.45, 2.75) is 0 Å². The van der Waals surface area contributed by atoms with Gasteiger partial charge in [-0.05, 0) is 0 Å². The topological polar surface area (TPSA) is 167 Å². The maximum atomic E-state index is 8.55. The first-order valence-corrected chi connectivity index (χ1v) is 4.19. The SMILES string of the molecule is O=P([O-])([O-])[O-].O=S(=O)([O-])[O-].[Ca+2].[Fe+3].[Na+].[Zn+2]. The molecule has 0 N–H and O–H groups in total. The van der Waals surface area contributed by atoms with Gasteiger partial charge in [0.05, 0.1) is 0 Å². The zero-order chi connectivity index (χ0) is 9.00. The van der Waals surface area contributed by atoms with Crippen molar-refractivity contribution in [1.82, 2.24) is 0 Å². The molecule has 0 aromatic carbocycles. The molecule has 69 valence electrons. The third-order valence-corrected chi connectivity index (χ3v) is 0. The fourth-order valence-corrected chi connectivity index (χ4v) is 0. The van der Waals surface area contributed by atoms with Crippen LogP contribution < -0.4 is 44.2 Å². The minimum atomic E-state index is -5.39. The second-order valence-corrected chi connectivity index (χ2v) is 2.57. The van der Waals surface area contributed by atoms with E-state index < -0.39 is 18.2 Å². The summed E-state index contributed by atoms with van der Waals surface area (Å²) in [6, 6.07) is 0. The summed E-state index contributed by atoms with van der Waals surface area (Å²) in [6.45, 7) is 0. The van der Waals surface area contributed by atoms with E-state index in [0.717, 1.165) is 0 Å². The van der Waals surface area contributed by atoms with Crippen molar-refractivity contribution in [3.63, 3.8) is 0 Å². The molecule has 0 bridgehead atoms. The maximum Gasteiger partial charge on any atom is 3.00 e. The number of rotatable bonds is 0. The summed E-state index contributed by atoms with van der Waals surface area (Å²) in [5, 5.41) is 0. The molecular formula is CaFeNaO8PSZn+3. The van der Waals surface area contributed by atoms with Gasteiger partial charge < -0.3 is 28.4 Å². The normalized spacial score (nSPS) is 8.36. The molecule has 0 rings (SSSR count). The fourth-order valence-electron chi connectivity index (χ4n) is 0. The van der Waals surface area contributed by atoms with E-state index in [-0.39, 0.29) is 104 Å². The van der Waals surface area contributed by atoms with Gasteiger partial charge in [0.15, 0.2) is 0 Å².